The van der Waals surface area contributed by atoms with E-state index in [-0.39, 0.29) is 0 Å². The van der Waals surface area contributed by atoms with Gasteiger partial charge in [-0.3, -0.25) is 0 Å². The molecule has 0 bridgehead atoms. The number of fused-ring (bicyclic) bond motifs is 1. The van der Waals surface area contributed by atoms with Gasteiger partial charge in [-0.2, -0.15) is 0 Å². The first-order valence-electron chi connectivity index (χ1n) is 5.03. The molecule has 0 N–H and O–H groups in total. The standard InChI is InChI=1S/C8H15N/c1-7-4-6-9-5-2-3-8(7)9/h7-8H,2-6H2,1H3/i1D2. The molecule has 2 aliphatic rings. The van der Waals surface area contributed by atoms with Gasteiger partial charge in [0.2, 0.25) is 0 Å². The van der Waals surface area contributed by atoms with E-state index in [1.165, 1.54) is 19.4 Å². The monoisotopic (exact) mass is 127 g/mol. The maximum atomic E-state index is 7.37. The lowest BCUT2D eigenvalue weighted by atomic mass is 10.0. The van der Waals surface area contributed by atoms with E-state index in [4.69, 9.17) is 2.74 Å². The largest absolute Gasteiger partial charge is 0.300 e. The molecule has 1 heteroatoms. The van der Waals surface area contributed by atoms with Crippen LogP contribution in [0.5, 0.6) is 0 Å². The van der Waals surface area contributed by atoms with Gasteiger partial charge < -0.3 is 4.90 Å². The quantitative estimate of drug-likeness (QED) is 0.476. The van der Waals surface area contributed by atoms with Crippen molar-refractivity contribution in [2.75, 3.05) is 13.1 Å². The summed E-state index contributed by atoms with van der Waals surface area (Å²) in [6.07, 6.45) is 3.61. The summed E-state index contributed by atoms with van der Waals surface area (Å²) in [7, 11) is 0. The summed E-state index contributed by atoms with van der Waals surface area (Å²) in [4.78, 5) is 2.46. The fourth-order valence-electron chi connectivity index (χ4n) is 2.12. The Kier molecular flexibility index (Phi) is 0.873. The van der Waals surface area contributed by atoms with Crippen LogP contribution in [-0.4, -0.2) is 24.0 Å². The number of nitrogens with zero attached hydrogens (tertiary/aromatic N) is 1. The van der Waals surface area contributed by atoms with E-state index in [0.29, 0.717) is 12.0 Å². The van der Waals surface area contributed by atoms with Gasteiger partial charge in [0.1, 0.15) is 0 Å². The summed E-state index contributed by atoms with van der Waals surface area (Å²) in [6, 6.07) is 0.593. The van der Waals surface area contributed by atoms with Crippen LogP contribution in [0, 0.1) is 5.92 Å². The van der Waals surface area contributed by atoms with Gasteiger partial charge >= 0.3 is 0 Å². The number of hydrogen-bond donors (Lipinski definition) is 0. The van der Waals surface area contributed by atoms with E-state index in [1.54, 1.807) is 0 Å². The van der Waals surface area contributed by atoms with E-state index in [2.05, 4.69) is 4.90 Å². The molecule has 2 unspecified atom stereocenters. The maximum Gasteiger partial charge on any atom is 0.0234 e. The molecule has 9 heavy (non-hydrogen) atoms. The first-order chi connectivity index (χ1) is 5.29. The molecule has 0 aromatic carbocycles. The van der Waals surface area contributed by atoms with Gasteiger partial charge in [-0.05, 0) is 38.3 Å². The second kappa shape index (κ2) is 1.98. The average molecular weight is 127 g/mol. The van der Waals surface area contributed by atoms with Gasteiger partial charge in [0.05, 0.1) is 0 Å². The molecular formula is C8H15N. The minimum absolute atomic E-state index is 0.345. The summed E-state index contributed by atoms with van der Waals surface area (Å²) < 4.78 is 14.7. The van der Waals surface area contributed by atoms with Crippen LogP contribution in [-0.2, 0) is 0 Å². The van der Waals surface area contributed by atoms with Crippen molar-refractivity contribution in [3.8, 4) is 0 Å². The molecule has 0 spiro atoms. The number of hydrogen-bond acceptors (Lipinski definition) is 1. The highest BCUT2D eigenvalue weighted by Crippen LogP contribution is 2.31. The Morgan fingerprint density at radius 1 is 1.44 bits per heavy atom. The Balaban J connectivity index is 2.03. The number of rotatable bonds is 0. The molecule has 2 fully saturated rings. The third-order valence-corrected chi connectivity index (χ3v) is 2.66. The van der Waals surface area contributed by atoms with Crippen molar-refractivity contribution in [1.82, 2.24) is 4.90 Å². The van der Waals surface area contributed by atoms with Gasteiger partial charge in [0, 0.05) is 8.78 Å². The van der Waals surface area contributed by atoms with Crippen molar-refractivity contribution < 1.29 is 2.74 Å². The van der Waals surface area contributed by atoms with Gasteiger partial charge in [-0.25, -0.2) is 0 Å². The summed E-state index contributed by atoms with van der Waals surface area (Å²) in [5, 5.41) is 0. The minimum Gasteiger partial charge on any atom is -0.300 e. The van der Waals surface area contributed by atoms with Crippen LogP contribution in [0.15, 0.2) is 0 Å². The van der Waals surface area contributed by atoms with Crippen molar-refractivity contribution in [3.05, 3.63) is 0 Å². The van der Waals surface area contributed by atoms with Gasteiger partial charge in [0.15, 0.2) is 0 Å². The summed E-state index contributed by atoms with van der Waals surface area (Å²) in [5.41, 5.74) is 0. The molecule has 0 aromatic heterocycles. The Bertz CT molecular complexity index is 149. The first-order valence-corrected chi connectivity index (χ1v) is 3.87. The van der Waals surface area contributed by atoms with Crippen LogP contribution in [0.2, 0.25) is 0 Å². The van der Waals surface area contributed by atoms with Gasteiger partial charge in [-0.1, -0.05) is 6.88 Å². The predicted molar refractivity (Wildman–Crippen MR) is 38.4 cm³/mol. The van der Waals surface area contributed by atoms with Crippen molar-refractivity contribution in [1.29, 1.82) is 0 Å². The van der Waals surface area contributed by atoms with E-state index in [0.717, 1.165) is 13.0 Å². The van der Waals surface area contributed by atoms with Gasteiger partial charge in [-0.15, -0.1) is 0 Å². The smallest absolute Gasteiger partial charge is 0.0234 e. The lowest BCUT2D eigenvalue weighted by Crippen LogP contribution is -2.24. The maximum absolute atomic E-state index is 7.37. The Hall–Kier alpha value is -0.0400. The zero-order valence-electron chi connectivity index (χ0n) is 7.71. The Morgan fingerprint density at radius 3 is 3.33 bits per heavy atom. The van der Waals surface area contributed by atoms with Crippen LogP contribution in [0.25, 0.3) is 0 Å². The highest BCUT2D eigenvalue weighted by atomic mass is 15.2. The molecule has 0 aliphatic carbocycles. The fraction of sp³-hybridized carbons (Fsp3) is 1.00. The van der Waals surface area contributed by atoms with E-state index in [1.807, 2.05) is 0 Å². The molecular weight excluding hydrogens is 110 g/mol. The molecule has 2 heterocycles. The Morgan fingerprint density at radius 2 is 2.44 bits per heavy atom. The zero-order valence-corrected chi connectivity index (χ0v) is 5.71. The molecule has 0 amide bonds. The molecule has 2 atom stereocenters. The van der Waals surface area contributed by atoms with E-state index >= 15 is 0 Å². The van der Waals surface area contributed by atoms with E-state index in [9.17, 15) is 0 Å². The van der Waals surface area contributed by atoms with Crippen LogP contribution >= 0.6 is 0 Å². The van der Waals surface area contributed by atoms with Crippen LogP contribution < -0.4 is 0 Å². The first kappa shape index (κ1) is 3.97. The second-order valence-electron chi connectivity index (χ2n) is 3.20. The predicted octanol–water partition coefficient (Wildman–Crippen LogP) is 1.49. The topological polar surface area (TPSA) is 3.24 Å². The minimum atomic E-state index is -0.594. The SMILES string of the molecule is [2H]C([2H])C1CCN2CCCC12. The molecule has 0 aromatic rings. The summed E-state index contributed by atoms with van der Waals surface area (Å²) in [5.74, 6) is 0.345. The van der Waals surface area contributed by atoms with E-state index < -0.39 is 6.88 Å². The molecule has 2 rings (SSSR count). The molecule has 52 valence electrons. The van der Waals surface area contributed by atoms with Crippen molar-refractivity contribution >= 4 is 0 Å². The third-order valence-electron chi connectivity index (χ3n) is 2.66. The summed E-state index contributed by atoms with van der Waals surface area (Å²) >= 11 is 0. The lowest BCUT2D eigenvalue weighted by molar-refractivity contribution is 0.298. The summed E-state index contributed by atoms with van der Waals surface area (Å²) in [6.45, 7) is 1.76. The van der Waals surface area contributed by atoms with Gasteiger partial charge in [0.25, 0.3) is 0 Å². The second-order valence-corrected chi connectivity index (χ2v) is 3.20. The van der Waals surface area contributed by atoms with Crippen LogP contribution in [0.4, 0.5) is 0 Å². The highest BCUT2D eigenvalue weighted by molar-refractivity contribution is 4.88. The highest BCUT2D eigenvalue weighted by Gasteiger charge is 2.33. The average Bonchev–Trinajstić information content (AvgIpc) is 2.41. The lowest BCUT2D eigenvalue weighted by Gasteiger charge is -2.16. The van der Waals surface area contributed by atoms with Crippen LogP contribution in [0.3, 0.4) is 0 Å². The molecule has 0 radical (unpaired) electrons. The van der Waals surface area contributed by atoms with Crippen LogP contribution in [0.1, 0.15) is 28.9 Å². The normalized spacial score (nSPS) is 47.2. The zero-order chi connectivity index (χ0) is 7.84. The van der Waals surface area contributed by atoms with Crippen molar-refractivity contribution in [3.63, 3.8) is 0 Å². The fourth-order valence-corrected chi connectivity index (χ4v) is 2.12. The van der Waals surface area contributed by atoms with Crippen molar-refractivity contribution in [2.24, 2.45) is 5.92 Å². The molecule has 0 saturated carbocycles. The molecule has 2 aliphatic heterocycles. The molecule has 1 nitrogen and oxygen atoms in total. The Labute approximate surface area is 59.9 Å². The van der Waals surface area contributed by atoms with Crippen molar-refractivity contribution in [2.45, 2.75) is 32.2 Å². The third kappa shape index (κ3) is 0.787. The molecule has 2 saturated heterocycles.